The number of hydrogen-bond acceptors (Lipinski definition) is 6. The molecule has 2 aliphatic rings. The van der Waals surface area contributed by atoms with Gasteiger partial charge in [0.15, 0.2) is 0 Å². The summed E-state index contributed by atoms with van der Waals surface area (Å²) in [6, 6.07) is 14.9. The Bertz CT molecular complexity index is 1880. The topological polar surface area (TPSA) is 129 Å². The van der Waals surface area contributed by atoms with Gasteiger partial charge in [-0.25, -0.2) is 4.90 Å². The molecule has 0 saturated carbocycles. The highest BCUT2D eigenvalue weighted by Gasteiger charge is 2.49. The van der Waals surface area contributed by atoms with Gasteiger partial charge in [-0.1, -0.05) is 78.1 Å². The van der Waals surface area contributed by atoms with Gasteiger partial charge in [0.2, 0.25) is 0 Å². The molecule has 0 spiro atoms. The van der Waals surface area contributed by atoms with Gasteiger partial charge in [-0.05, 0) is 84.0 Å². The maximum absolute atomic E-state index is 14.0. The van der Waals surface area contributed by atoms with E-state index in [0.717, 1.165) is 55.9 Å². The van der Waals surface area contributed by atoms with Crippen LogP contribution in [0.2, 0.25) is 0 Å². The van der Waals surface area contributed by atoms with Crippen molar-refractivity contribution in [1.82, 2.24) is 4.90 Å². The fourth-order valence-electron chi connectivity index (χ4n) is 7.94. The fraction of sp³-hybridized carbons (Fsp3) is 0.405. The van der Waals surface area contributed by atoms with Gasteiger partial charge in [-0.15, -0.1) is 0 Å². The molecule has 47 heavy (non-hydrogen) atoms. The van der Waals surface area contributed by atoms with Crippen LogP contribution in [0.25, 0.3) is 11.1 Å². The molecule has 2 aliphatic heterocycles. The molecule has 0 aliphatic carbocycles. The van der Waals surface area contributed by atoms with E-state index in [4.69, 9.17) is 0 Å². The molecule has 1 atom stereocenters. The first-order valence-corrected chi connectivity index (χ1v) is 17.8. The lowest BCUT2D eigenvalue weighted by Crippen LogP contribution is -2.49. The van der Waals surface area contributed by atoms with E-state index in [1.165, 1.54) is 35.2 Å². The predicted molar refractivity (Wildman–Crippen MR) is 180 cm³/mol. The Hall–Kier alpha value is -4.15. The summed E-state index contributed by atoms with van der Waals surface area (Å²) in [7, 11) is -4.72. The highest BCUT2D eigenvalue weighted by Crippen LogP contribution is 2.53. The third-order valence-corrected chi connectivity index (χ3v) is 11.2. The number of rotatable bonds is 13. The largest absolute Gasteiger partial charge is 0.296 e. The molecule has 1 unspecified atom stereocenters. The van der Waals surface area contributed by atoms with Crippen LogP contribution in [0.15, 0.2) is 65.6 Å². The molecule has 9 nitrogen and oxygen atoms in total. The van der Waals surface area contributed by atoms with Crippen LogP contribution in [-0.4, -0.2) is 48.0 Å². The molecule has 5 rings (SSSR count). The van der Waals surface area contributed by atoms with Crippen molar-refractivity contribution >= 4 is 39.4 Å². The monoisotopic (exact) mass is 658 g/mol. The highest BCUT2D eigenvalue weighted by atomic mass is 32.2. The molecule has 0 aromatic heterocycles. The zero-order valence-corrected chi connectivity index (χ0v) is 28.4. The van der Waals surface area contributed by atoms with Crippen molar-refractivity contribution in [3.8, 4) is 11.1 Å². The Labute approximate surface area is 276 Å². The number of para-hydroxylation sites is 1. The van der Waals surface area contributed by atoms with E-state index in [0.29, 0.717) is 28.8 Å². The van der Waals surface area contributed by atoms with E-state index in [2.05, 4.69) is 34.6 Å². The Morgan fingerprint density at radius 3 is 1.68 bits per heavy atom. The first-order valence-electron chi connectivity index (χ1n) is 16.4. The summed E-state index contributed by atoms with van der Waals surface area (Å²) in [5.74, 6) is -2.10. The van der Waals surface area contributed by atoms with Crippen molar-refractivity contribution in [1.29, 1.82) is 0 Å². The first kappa shape index (κ1) is 34.2. The second kappa shape index (κ2) is 12.8. The van der Waals surface area contributed by atoms with Gasteiger partial charge in [0.25, 0.3) is 33.7 Å². The zero-order chi connectivity index (χ0) is 34.3. The van der Waals surface area contributed by atoms with Crippen molar-refractivity contribution in [2.75, 3.05) is 11.4 Å². The number of imide groups is 2. The van der Waals surface area contributed by atoms with Crippen molar-refractivity contribution in [2.24, 2.45) is 10.8 Å². The van der Waals surface area contributed by atoms with Crippen LogP contribution >= 0.6 is 0 Å². The lowest BCUT2D eigenvalue weighted by molar-refractivity contribution is -0.00901. The van der Waals surface area contributed by atoms with Gasteiger partial charge in [0, 0.05) is 6.54 Å². The maximum atomic E-state index is 14.0. The number of nitrogens with zero attached hydrogens (tertiary/aromatic N) is 2. The van der Waals surface area contributed by atoms with Gasteiger partial charge in [-0.3, -0.25) is 28.6 Å². The molecule has 0 fully saturated rings. The van der Waals surface area contributed by atoms with Crippen LogP contribution in [0.3, 0.4) is 0 Å². The zero-order valence-electron chi connectivity index (χ0n) is 27.6. The number of hydrogen-bond donors (Lipinski definition) is 1. The lowest BCUT2D eigenvalue weighted by Gasteiger charge is -2.50. The smallest absolute Gasteiger partial charge is 0.282 e. The minimum Gasteiger partial charge on any atom is -0.282 e. The molecule has 4 amide bonds. The molecule has 0 bridgehead atoms. The van der Waals surface area contributed by atoms with Gasteiger partial charge in [0.05, 0.1) is 27.9 Å². The van der Waals surface area contributed by atoms with Gasteiger partial charge in [0.1, 0.15) is 4.90 Å². The Morgan fingerprint density at radius 1 is 0.660 bits per heavy atom. The summed E-state index contributed by atoms with van der Waals surface area (Å²) in [5, 5.41) is 0. The van der Waals surface area contributed by atoms with E-state index >= 15 is 0 Å². The quantitative estimate of drug-likeness (QED) is 0.147. The second-order valence-electron chi connectivity index (χ2n) is 13.1. The molecule has 3 aromatic carbocycles. The van der Waals surface area contributed by atoms with Crippen LogP contribution in [0, 0.1) is 10.8 Å². The molecule has 3 aromatic rings. The molecule has 248 valence electrons. The van der Waals surface area contributed by atoms with Crippen LogP contribution in [0.4, 0.5) is 5.69 Å². The van der Waals surface area contributed by atoms with Crippen molar-refractivity contribution in [3.05, 3.63) is 82.9 Å². The predicted octanol–water partition coefficient (Wildman–Crippen LogP) is 7.80. The fourth-order valence-corrected chi connectivity index (χ4v) is 8.61. The number of carbonyl (C=O) groups excluding carboxylic acids is 4. The van der Waals surface area contributed by atoms with Crippen LogP contribution < -0.4 is 4.90 Å². The third kappa shape index (κ3) is 5.71. The SMILES string of the molecule is CCCC(C)(CCC)C(CC)(CCC)CN1C(=O)c2ccc(-c3ccc4c(c3)C(=O)N(c3ccccc3S(=O)(=O)O)C4=O)cc2C1=O. The Balaban J connectivity index is 1.48. The van der Waals surface area contributed by atoms with E-state index in [9.17, 15) is 32.1 Å². The molecular formula is C37H42N2O7S. The van der Waals surface area contributed by atoms with Crippen molar-refractivity contribution < 1.29 is 32.1 Å². The van der Waals surface area contributed by atoms with Crippen molar-refractivity contribution in [3.63, 3.8) is 0 Å². The minimum absolute atomic E-state index is 0.0358. The first-order chi connectivity index (χ1) is 22.3. The van der Waals surface area contributed by atoms with Gasteiger partial charge in [-0.2, -0.15) is 8.42 Å². The Morgan fingerprint density at radius 2 is 1.15 bits per heavy atom. The van der Waals surface area contributed by atoms with E-state index in [1.807, 2.05) is 0 Å². The number of fused-ring (bicyclic) bond motifs is 2. The number of carbonyl (C=O) groups is 4. The lowest BCUT2D eigenvalue weighted by atomic mass is 9.56. The number of amides is 4. The molecular weight excluding hydrogens is 616 g/mol. The van der Waals surface area contributed by atoms with Crippen molar-refractivity contribution in [2.45, 2.75) is 84.5 Å². The van der Waals surface area contributed by atoms with Crippen LogP contribution in [0.5, 0.6) is 0 Å². The summed E-state index contributed by atoms with van der Waals surface area (Å²) in [4.78, 5) is 56.1. The summed E-state index contributed by atoms with van der Waals surface area (Å²) >= 11 is 0. The van der Waals surface area contributed by atoms with E-state index in [-0.39, 0.29) is 39.5 Å². The van der Waals surface area contributed by atoms with E-state index < -0.39 is 26.8 Å². The van der Waals surface area contributed by atoms with E-state index in [1.54, 1.807) is 24.3 Å². The third-order valence-electron chi connectivity index (χ3n) is 10.3. The summed E-state index contributed by atoms with van der Waals surface area (Å²) in [6.07, 6.45) is 6.78. The van der Waals surface area contributed by atoms with Gasteiger partial charge < -0.3 is 0 Å². The summed E-state index contributed by atoms with van der Waals surface area (Å²) in [5.41, 5.74) is 1.40. The summed E-state index contributed by atoms with van der Waals surface area (Å²) < 4.78 is 33.7. The molecule has 0 radical (unpaired) electrons. The minimum atomic E-state index is -4.72. The highest BCUT2D eigenvalue weighted by molar-refractivity contribution is 7.86. The van der Waals surface area contributed by atoms with Gasteiger partial charge >= 0.3 is 0 Å². The second-order valence-corrected chi connectivity index (χ2v) is 14.4. The molecule has 1 N–H and O–H groups in total. The van der Waals surface area contributed by atoms with Crippen LogP contribution in [-0.2, 0) is 10.1 Å². The Kier molecular flexibility index (Phi) is 9.32. The number of benzene rings is 3. The molecule has 2 heterocycles. The standard InChI is InChI=1S/C37H42N2O7S/c1-6-18-36(5,19-7-2)37(9-4,20-8-3)23-38-32(40)26-16-14-24(21-28(26)33(38)41)25-15-17-27-29(22-25)35(43)39(34(27)42)30-12-10-11-13-31(30)47(44,45)46/h10-17,21-22H,6-9,18-20,23H2,1-5H3,(H,44,45,46). The summed E-state index contributed by atoms with van der Waals surface area (Å²) in [6.45, 7) is 11.4. The number of anilines is 1. The van der Waals surface area contributed by atoms with Crippen LogP contribution in [0.1, 0.15) is 121 Å². The molecule has 0 saturated heterocycles. The average molecular weight is 659 g/mol. The molecule has 10 heteroatoms. The average Bonchev–Trinajstić information content (AvgIpc) is 3.43. The normalized spacial score (nSPS) is 16.1. The maximum Gasteiger partial charge on any atom is 0.296 e.